The van der Waals surface area contributed by atoms with E-state index in [0.29, 0.717) is 6.54 Å². The lowest BCUT2D eigenvalue weighted by molar-refractivity contribution is 0.236. The molecule has 1 atom stereocenters. The number of aromatic amines is 1. The number of fused-ring (bicyclic) bond motifs is 2. The number of H-pyrrole nitrogens is 1. The SMILES string of the molecule is Cc1[nH]c2ccccc2c1CCNC(=O)NC1CCSc2ccccc21. The molecule has 3 aromatic rings. The van der Waals surface area contributed by atoms with Crippen LogP contribution in [0.1, 0.15) is 29.3 Å². The zero-order valence-corrected chi connectivity index (χ0v) is 15.7. The normalized spacial score (nSPS) is 16.3. The first-order valence-corrected chi connectivity index (χ1v) is 10.0. The first kappa shape index (κ1) is 17.0. The van der Waals surface area contributed by atoms with Crippen LogP contribution in [-0.4, -0.2) is 23.3 Å². The fraction of sp³-hybridized carbons (Fsp3) is 0.286. The van der Waals surface area contributed by atoms with Gasteiger partial charge >= 0.3 is 6.03 Å². The van der Waals surface area contributed by atoms with Crippen LogP contribution in [0.4, 0.5) is 4.79 Å². The lowest BCUT2D eigenvalue weighted by atomic mass is 10.0. The summed E-state index contributed by atoms with van der Waals surface area (Å²) in [6.45, 7) is 2.71. The highest BCUT2D eigenvalue weighted by Gasteiger charge is 2.21. The van der Waals surface area contributed by atoms with Crippen molar-refractivity contribution in [2.45, 2.75) is 30.7 Å². The van der Waals surface area contributed by atoms with Crippen LogP contribution in [0.25, 0.3) is 10.9 Å². The van der Waals surface area contributed by atoms with Gasteiger partial charge in [0.1, 0.15) is 0 Å². The predicted molar refractivity (Wildman–Crippen MR) is 108 cm³/mol. The summed E-state index contributed by atoms with van der Waals surface area (Å²) in [4.78, 5) is 17.0. The molecule has 1 aliphatic heterocycles. The Morgan fingerprint density at radius 2 is 2.00 bits per heavy atom. The topological polar surface area (TPSA) is 56.9 Å². The quantitative estimate of drug-likeness (QED) is 0.635. The standard InChI is InChI=1S/C21H23N3OS/c1-14-15(16-6-2-4-8-18(16)23-14)10-12-22-21(25)24-19-11-13-26-20-9-5-3-7-17(19)20/h2-9,19,23H,10-13H2,1H3,(H2,22,24,25). The van der Waals surface area contributed by atoms with E-state index in [0.717, 1.165) is 24.1 Å². The number of carbonyl (C=O) groups excluding carboxylic acids is 1. The Morgan fingerprint density at radius 3 is 2.92 bits per heavy atom. The van der Waals surface area contributed by atoms with E-state index in [-0.39, 0.29) is 12.1 Å². The van der Waals surface area contributed by atoms with E-state index in [1.165, 1.54) is 27.1 Å². The highest BCUT2D eigenvalue weighted by Crippen LogP contribution is 2.35. The second-order valence-corrected chi connectivity index (χ2v) is 7.79. The van der Waals surface area contributed by atoms with E-state index in [2.05, 4.69) is 58.9 Å². The molecule has 1 aliphatic rings. The fourth-order valence-corrected chi connectivity index (χ4v) is 4.78. The minimum absolute atomic E-state index is 0.0887. The van der Waals surface area contributed by atoms with Crippen LogP contribution in [0.3, 0.4) is 0 Å². The summed E-state index contributed by atoms with van der Waals surface area (Å²) in [7, 11) is 0. The second kappa shape index (κ2) is 7.46. The van der Waals surface area contributed by atoms with Crippen molar-refractivity contribution in [1.82, 2.24) is 15.6 Å². The van der Waals surface area contributed by atoms with Crippen molar-refractivity contribution in [3.8, 4) is 0 Å². The molecule has 1 aromatic heterocycles. The summed E-state index contributed by atoms with van der Waals surface area (Å²) in [6, 6.07) is 16.7. The molecular formula is C21H23N3OS. The summed E-state index contributed by atoms with van der Waals surface area (Å²) in [6.07, 6.45) is 1.79. The van der Waals surface area contributed by atoms with Crippen molar-refractivity contribution in [3.63, 3.8) is 0 Å². The molecule has 134 valence electrons. The van der Waals surface area contributed by atoms with Crippen LogP contribution in [0.15, 0.2) is 53.4 Å². The number of hydrogen-bond acceptors (Lipinski definition) is 2. The summed E-state index contributed by atoms with van der Waals surface area (Å²) >= 11 is 1.86. The number of aromatic nitrogens is 1. The summed E-state index contributed by atoms with van der Waals surface area (Å²) < 4.78 is 0. The van der Waals surface area contributed by atoms with E-state index in [4.69, 9.17) is 0 Å². The Hall–Kier alpha value is -2.40. The number of benzene rings is 2. The van der Waals surface area contributed by atoms with Crippen LogP contribution in [0.5, 0.6) is 0 Å². The number of thioether (sulfide) groups is 1. The lowest BCUT2D eigenvalue weighted by Gasteiger charge is -2.25. The van der Waals surface area contributed by atoms with Gasteiger partial charge in [-0.3, -0.25) is 0 Å². The van der Waals surface area contributed by atoms with Gasteiger partial charge in [-0.25, -0.2) is 4.79 Å². The Morgan fingerprint density at radius 1 is 1.19 bits per heavy atom. The van der Waals surface area contributed by atoms with Crippen LogP contribution in [0.2, 0.25) is 0 Å². The number of nitrogens with one attached hydrogen (secondary N) is 3. The van der Waals surface area contributed by atoms with E-state index < -0.39 is 0 Å². The Bertz CT molecular complexity index is 934. The number of carbonyl (C=O) groups is 1. The molecule has 2 heterocycles. The highest BCUT2D eigenvalue weighted by molar-refractivity contribution is 7.99. The molecular weight excluding hydrogens is 342 g/mol. The minimum atomic E-state index is -0.0887. The highest BCUT2D eigenvalue weighted by atomic mass is 32.2. The number of aryl methyl sites for hydroxylation is 1. The lowest BCUT2D eigenvalue weighted by Crippen LogP contribution is -2.39. The third-order valence-corrected chi connectivity index (χ3v) is 6.07. The molecule has 0 saturated heterocycles. The molecule has 2 amide bonds. The molecule has 0 spiro atoms. The molecule has 3 N–H and O–H groups in total. The van der Waals surface area contributed by atoms with E-state index in [1.54, 1.807) is 0 Å². The molecule has 0 aliphatic carbocycles. The Balaban J connectivity index is 1.36. The summed E-state index contributed by atoms with van der Waals surface area (Å²) in [5, 5.41) is 7.40. The molecule has 2 aromatic carbocycles. The molecule has 5 heteroatoms. The van der Waals surface area contributed by atoms with E-state index >= 15 is 0 Å². The monoisotopic (exact) mass is 365 g/mol. The maximum Gasteiger partial charge on any atom is 0.315 e. The maximum absolute atomic E-state index is 12.4. The van der Waals surface area contributed by atoms with E-state index in [1.807, 2.05) is 23.9 Å². The number of rotatable bonds is 4. The number of hydrogen-bond donors (Lipinski definition) is 3. The largest absolute Gasteiger partial charge is 0.358 e. The molecule has 1 unspecified atom stereocenters. The van der Waals surface area contributed by atoms with Crippen LogP contribution in [0, 0.1) is 6.92 Å². The van der Waals surface area contributed by atoms with Gasteiger partial charge in [-0.15, -0.1) is 11.8 Å². The third kappa shape index (κ3) is 3.44. The van der Waals surface area contributed by atoms with Crippen molar-refractivity contribution in [2.24, 2.45) is 0 Å². The van der Waals surface area contributed by atoms with E-state index in [9.17, 15) is 4.79 Å². The molecule has 26 heavy (non-hydrogen) atoms. The van der Waals surface area contributed by atoms with Gasteiger partial charge in [0.25, 0.3) is 0 Å². The maximum atomic E-state index is 12.4. The summed E-state index contributed by atoms with van der Waals surface area (Å²) in [5.74, 6) is 1.04. The molecule has 4 rings (SSSR count). The van der Waals surface area contributed by atoms with Crippen molar-refractivity contribution in [2.75, 3.05) is 12.3 Å². The van der Waals surface area contributed by atoms with Gasteiger partial charge in [0.2, 0.25) is 0 Å². The van der Waals surface area contributed by atoms with Crippen LogP contribution >= 0.6 is 11.8 Å². The minimum Gasteiger partial charge on any atom is -0.358 e. The van der Waals surface area contributed by atoms with Gasteiger partial charge in [-0.05, 0) is 43.0 Å². The first-order valence-electron chi connectivity index (χ1n) is 9.04. The van der Waals surface area contributed by atoms with Crippen molar-refractivity contribution in [1.29, 1.82) is 0 Å². The molecule has 0 radical (unpaired) electrons. The van der Waals surface area contributed by atoms with Gasteiger partial charge in [0.05, 0.1) is 6.04 Å². The molecule has 0 fully saturated rings. The zero-order chi connectivity index (χ0) is 17.9. The molecule has 0 saturated carbocycles. The number of amides is 2. The fourth-order valence-electron chi connectivity index (χ4n) is 3.66. The third-order valence-electron chi connectivity index (χ3n) is 4.95. The number of urea groups is 1. The second-order valence-electron chi connectivity index (χ2n) is 6.65. The number of para-hydroxylation sites is 1. The average Bonchev–Trinajstić information content (AvgIpc) is 2.98. The Kier molecular flexibility index (Phi) is 4.89. The van der Waals surface area contributed by atoms with Crippen LogP contribution < -0.4 is 10.6 Å². The van der Waals surface area contributed by atoms with Gasteiger partial charge < -0.3 is 15.6 Å². The van der Waals surface area contributed by atoms with Gasteiger partial charge in [0.15, 0.2) is 0 Å². The Labute approximate surface area is 157 Å². The van der Waals surface area contributed by atoms with Gasteiger partial charge in [-0.2, -0.15) is 0 Å². The molecule has 0 bridgehead atoms. The average molecular weight is 366 g/mol. The van der Waals surface area contributed by atoms with Crippen molar-refractivity contribution < 1.29 is 4.79 Å². The predicted octanol–water partition coefficient (Wildman–Crippen LogP) is 4.56. The van der Waals surface area contributed by atoms with Crippen LogP contribution in [-0.2, 0) is 6.42 Å². The summed E-state index contributed by atoms with van der Waals surface area (Å²) in [5.41, 5.74) is 4.83. The van der Waals surface area contributed by atoms with Gasteiger partial charge in [0, 0.05) is 33.8 Å². The van der Waals surface area contributed by atoms with Crippen molar-refractivity contribution >= 4 is 28.7 Å². The smallest absolute Gasteiger partial charge is 0.315 e. The van der Waals surface area contributed by atoms with Crippen molar-refractivity contribution in [3.05, 3.63) is 65.4 Å². The van der Waals surface area contributed by atoms with Gasteiger partial charge in [-0.1, -0.05) is 36.4 Å². The molecule has 4 nitrogen and oxygen atoms in total. The first-order chi connectivity index (χ1) is 12.7. The zero-order valence-electron chi connectivity index (χ0n) is 14.8.